The van der Waals surface area contributed by atoms with Gasteiger partial charge in [0.15, 0.2) is 0 Å². The van der Waals surface area contributed by atoms with Crippen LogP contribution in [0, 0.1) is 0 Å². The van der Waals surface area contributed by atoms with E-state index in [0.29, 0.717) is 13.2 Å². The van der Waals surface area contributed by atoms with E-state index in [4.69, 9.17) is 10.5 Å². The molecule has 2 rings (SSSR count). The summed E-state index contributed by atoms with van der Waals surface area (Å²) in [6, 6.07) is 0.0629. The highest BCUT2D eigenvalue weighted by atomic mass is 16.5. The molecule has 1 aromatic heterocycles. The molecule has 1 aliphatic heterocycles. The van der Waals surface area contributed by atoms with Gasteiger partial charge in [0.1, 0.15) is 12.2 Å². The minimum absolute atomic E-state index is 0.0629. The molecule has 0 aliphatic carbocycles. The molecule has 5 nitrogen and oxygen atoms in total. The van der Waals surface area contributed by atoms with Gasteiger partial charge >= 0.3 is 0 Å². The molecule has 2 atom stereocenters. The summed E-state index contributed by atoms with van der Waals surface area (Å²) >= 11 is 0. The Morgan fingerprint density at radius 2 is 2.50 bits per heavy atom. The number of nitrogens with two attached hydrogens (primary N) is 1. The van der Waals surface area contributed by atoms with Gasteiger partial charge in [-0.1, -0.05) is 0 Å². The van der Waals surface area contributed by atoms with E-state index in [0.717, 1.165) is 5.82 Å². The van der Waals surface area contributed by atoms with Crippen molar-refractivity contribution in [2.24, 2.45) is 12.8 Å². The van der Waals surface area contributed by atoms with Crippen molar-refractivity contribution in [2.45, 2.75) is 12.0 Å². The molecule has 0 spiro atoms. The SMILES string of the molecule is Cn1cnnc1C1COCC1N. The first kappa shape index (κ1) is 7.70. The van der Waals surface area contributed by atoms with E-state index in [2.05, 4.69) is 10.2 Å². The quantitative estimate of drug-likeness (QED) is 0.599. The topological polar surface area (TPSA) is 66.0 Å². The molecule has 1 saturated heterocycles. The lowest BCUT2D eigenvalue weighted by Crippen LogP contribution is -2.28. The zero-order chi connectivity index (χ0) is 8.55. The molecule has 0 radical (unpaired) electrons. The van der Waals surface area contributed by atoms with Crippen LogP contribution < -0.4 is 5.73 Å². The average molecular weight is 168 g/mol. The highest BCUT2D eigenvalue weighted by Gasteiger charge is 2.29. The van der Waals surface area contributed by atoms with Gasteiger partial charge in [0.2, 0.25) is 0 Å². The monoisotopic (exact) mass is 168 g/mol. The predicted octanol–water partition coefficient (Wildman–Crippen LogP) is -0.744. The third kappa shape index (κ3) is 1.11. The summed E-state index contributed by atoms with van der Waals surface area (Å²) in [5.41, 5.74) is 5.83. The number of hydrogen-bond acceptors (Lipinski definition) is 4. The Balaban J connectivity index is 2.24. The van der Waals surface area contributed by atoms with Crippen LogP contribution in [0.5, 0.6) is 0 Å². The first-order valence-corrected chi connectivity index (χ1v) is 3.96. The summed E-state index contributed by atoms with van der Waals surface area (Å²) in [5, 5.41) is 7.80. The van der Waals surface area contributed by atoms with Crippen LogP contribution in [0.3, 0.4) is 0 Å². The second-order valence-electron chi connectivity index (χ2n) is 3.11. The fourth-order valence-corrected chi connectivity index (χ4v) is 1.46. The Morgan fingerprint density at radius 3 is 3.00 bits per heavy atom. The van der Waals surface area contributed by atoms with Gasteiger partial charge in [-0.05, 0) is 0 Å². The second kappa shape index (κ2) is 2.84. The first-order chi connectivity index (χ1) is 5.79. The van der Waals surface area contributed by atoms with Crippen LogP contribution in [0.15, 0.2) is 6.33 Å². The number of aryl methyl sites for hydroxylation is 1. The lowest BCUT2D eigenvalue weighted by molar-refractivity contribution is 0.190. The molecule has 1 aliphatic rings. The van der Waals surface area contributed by atoms with Crippen molar-refractivity contribution in [1.29, 1.82) is 0 Å². The molecule has 1 fully saturated rings. The normalized spacial score (nSPS) is 29.5. The van der Waals surface area contributed by atoms with Gasteiger partial charge in [-0.3, -0.25) is 0 Å². The molecule has 2 heterocycles. The standard InChI is InChI=1S/C7H12N4O/c1-11-4-9-10-7(11)5-2-12-3-6(5)8/h4-6H,2-3,8H2,1H3. The van der Waals surface area contributed by atoms with Crippen LogP contribution in [-0.2, 0) is 11.8 Å². The molecular weight excluding hydrogens is 156 g/mol. The minimum atomic E-state index is 0.0629. The largest absolute Gasteiger partial charge is 0.379 e. The molecule has 0 bridgehead atoms. The number of aromatic nitrogens is 3. The zero-order valence-electron chi connectivity index (χ0n) is 6.97. The highest BCUT2D eigenvalue weighted by Crippen LogP contribution is 2.21. The molecule has 2 unspecified atom stereocenters. The van der Waals surface area contributed by atoms with E-state index in [9.17, 15) is 0 Å². The fraction of sp³-hybridized carbons (Fsp3) is 0.714. The van der Waals surface area contributed by atoms with E-state index in [1.807, 2.05) is 11.6 Å². The maximum atomic E-state index is 5.83. The molecule has 12 heavy (non-hydrogen) atoms. The summed E-state index contributed by atoms with van der Waals surface area (Å²) in [5.74, 6) is 1.12. The van der Waals surface area contributed by atoms with Crippen LogP contribution in [0.25, 0.3) is 0 Å². The Hall–Kier alpha value is -0.940. The lowest BCUT2D eigenvalue weighted by atomic mass is 10.0. The smallest absolute Gasteiger partial charge is 0.139 e. The molecule has 1 aromatic rings. The fourth-order valence-electron chi connectivity index (χ4n) is 1.46. The molecule has 66 valence electrons. The second-order valence-corrected chi connectivity index (χ2v) is 3.11. The van der Waals surface area contributed by atoms with Crippen molar-refractivity contribution < 1.29 is 4.74 Å². The average Bonchev–Trinajstić information content (AvgIpc) is 2.59. The lowest BCUT2D eigenvalue weighted by Gasteiger charge is -2.10. The Bertz CT molecular complexity index is 272. The van der Waals surface area contributed by atoms with Crippen LogP contribution in [0.4, 0.5) is 0 Å². The van der Waals surface area contributed by atoms with Gasteiger partial charge in [-0.15, -0.1) is 10.2 Å². The summed E-state index contributed by atoms with van der Waals surface area (Å²) < 4.78 is 7.13. The van der Waals surface area contributed by atoms with Gasteiger partial charge < -0.3 is 15.0 Å². The molecule has 0 saturated carbocycles. The first-order valence-electron chi connectivity index (χ1n) is 3.96. The van der Waals surface area contributed by atoms with Crippen LogP contribution in [0.2, 0.25) is 0 Å². The molecular formula is C7H12N4O. The molecule has 0 aromatic carbocycles. The van der Waals surface area contributed by atoms with E-state index < -0.39 is 0 Å². The number of nitrogens with zero attached hydrogens (tertiary/aromatic N) is 3. The van der Waals surface area contributed by atoms with Crippen molar-refractivity contribution in [1.82, 2.24) is 14.8 Å². The van der Waals surface area contributed by atoms with Crippen LogP contribution in [0.1, 0.15) is 11.7 Å². The zero-order valence-corrected chi connectivity index (χ0v) is 6.97. The van der Waals surface area contributed by atoms with E-state index >= 15 is 0 Å². The van der Waals surface area contributed by atoms with Crippen LogP contribution >= 0.6 is 0 Å². The molecule has 2 N–H and O–H groups in total. The van der Waals surface area contributed by atoms with E-state index in [1.54, 1.807) is 6.33 Å². The van der Waals surface area contributed by atoms with Gasteiger partial charge in [0, 0.05) is 13.1 Å². The van der Waals surface area contributed by atoms with Crippen molar-refractivity contribution >= 4 is 0 Å². The summed E-state index contributed by atoms with van der Waals surface area (Å²) in [6.07, 6.45) is 1.68. The van der Waals surface area contributed by atoms with Gasteiger partial charge in [0.25, 0.3) is 0 Å². The van der Waals surface area contributed by atoms with Crippen molar-refractivity contribution in [3.63, 3.8) is 0 Å². The third-order valence-electron chi connectivity index (χ3n) is 2.20. The van der Waals surface area contributed by atoms with Crippen molar-refractivity contribution in [2.75, 3.05) is 13.2 Å². The van der Waals surface area contributed by atoms with Crippen molar-refractivity contribution in [3.05, 3.63) is 12.2 Å². The summed E-state index contributed by atoms with van der Waals surface area (Å²) in [6.45, 7) is 1.28. The predicted molar refractivity (Wildman–Crippen MR) is 42.5 cm³/mol. The number of hydrogen-bond donors (Lipinski definition) is 1. The van der Waals surface area contributed by atoms with E-state index in [-0.39, 0.29) is 12.0 Å². The van der Waals surface area contributed by atoms with E-state index in [1.165, 1.54) is 0 Å². The van der Waals surface area contributed by atoms with Crippen molar-refractivity contribution in [3.8, 4) is 0 Å². The third-order valence-corrected chi connectivity index (χ3v) is 2.20. The highest BCUT2D eigenvalue weighted by molar-refractivity contribution is 5.03. The summed E-state index contributed by atoms with van der Waals surface area (Å²) in [7, 11) is 1.92. The van der Waals surface area contributed by atoms with Gasteiger partial charge in [0.05, 0.1) is 19.1 Å². The maximum absolute atomic E-state index is 5.83. The number of ether oxygens (including phenoxy) is 1. The minimum Gasteiger partial charge on any atom is -0.379 e. The maximum Gasteiger partial charge on any atom is 0.139 e. The van der Waals surface area contributed by atoms with Gasteiger partial charge in [-0.25, -0.2) is 0 Å². The Morgan fingerprint density at radius 1 is 1.67 bits per heavy atom. The Labute approximate surface area is 70.5 Å². The molecule has 5 heteroatoms. The summed E-state index contributed by atoms with van der Waals surface area (Å²) in [4.78, 5) is 0. The molecule has 0 amide bonds. The Kier molecular flexibility index (Phi) is 1.82. The number of rotatable bonds is 1. The van der Waals surface area contributed by atoms with Crippen LogP contribution in [-0.4, -0.2) is 34.0 Å². The van der Waals surface area contributed by atoms with Gasteiger partial charge in [-0.2, -0.15) is 0 Å².